The molecule has 1 fully saturated rings. The van der Waals surface area contributed by atoms with E-state index in [0.717, 1.165) is 41.1 Å². The van der Waals surface area contributed by atoms with Crippen LogP contribution in [0.15, 0.2) is 71.3 Å². The number of nitrogens with one attached hydrogen (secondary N) is 1. The lowest BCUT2D eigenvalue weighted by Crippen LogP contribution is -2.25. The van der Waals surface area contributed by atoms with Gasteiger partial charge in [0.1, 0.15) is 12.4 Å². The van der Waals surface area contributed by atoms with Crippen LogP contribution in [-0.2, 0) is 40.5 Å². The molecule has 3 aromatic rings. The van der Waals surface area contributed by atoms with Gasteiger partial charge in [-0.1, -0.05) is 36.4 Å². The number of amides is 2. The molecule has 2 aromatic carbocycles. The number of nitrogens with zero attached hydrogens (tertiary/aromatic N) is 1. The summed E-state index contributed by atoms with van der Waals surface area (Å²) < 4.78 is 10.9. The number of benzene rings is 2. The summed E-state index contributed by atoms with van der Waals surface area (Å²) in [5, 5.41) is 2.97. The Balaban J connectivity index is 1.23. The third kappa shape index (κ3) is 5.83. The van der Waals surface area contributed by atoms with Crippen molar-refractivity contribution < 1.29 is 18.7 Å². The van der Waals surface area contributed by atoms with Gasteiger partial charge in [-0.25, -0.2) is 0 Å². The first kappa shape index (κ1) is 20.9. The quantitative estimate of drug-likeness (QED) is 0.571. The molecule has 1 aliphatic heterocycles. The SMILES string of the molecule is O=C(Cc1ccc(N2CCCC2=O)cc1)NCc1cccc(COCc2ccco2)c1. The minimum Gasteiger partial charge on any atom is -0.467 e. The molecule has 2 heterocycles. The number of ether oxygens (including phenoxy) is 1. The van der Waals surface area contributed by atoms with Gasteiger partial charge >= 0.3 is 0 Å². The second kappa shape index (κ2) is 10.1. The van der Waals surface area contributed by atoms with Gasteiger partial charge in [-0.05, 0) is 47.4 Å². The van der Waals surface area contributed by atoms with Crippen molar-refractivity contribution in [1.29, 1.82) is 0 Å². The maximum atomic E-state index is 12.4. The van der Waals surface area contributed by atoms with Crippen LogP contribution in [0.4, 0.5) is 5.69 Å². The lowest BCUT2D eigenvalue weighted by atomic mass is 10.1. The zero-order valence-electron chi connectivity index (χ0n) is 17.4. The second-order valence-electron chi connectivity index (χ2n) is 7.66. The van der Waals surface area contributed by atoms with Crippen LogP contribution in [0, 0.1) is 0 Å². The average molecular weight is 418 g/mol. The number of anilines is 1. The number of furan rings is 1. The minimum absolute atomic E-state index is 0.0375. The summed E-state index contributed by atoms with van der Waals surface area (Å²) in [6.07, 6.45) is 3.45. The van der Waals surface area contributed by atoms with Gasteiger partial charge in [-0.3, -0.25) is 9.59 Å². The van der Waals surface area contributed by atoms with Crippen LogP contribution in [0.1, 0.15) is 35.3 Å². The summed E-state index contributed by atoms with van der Waals surface area (Å²) in [6, 6.07) is 19.4. The summed E-state index contributed by atoms with van der Waals surface area (Å²) in [7, 11) is 0. The van der Waals surface area contributed by atoms with Crippen molar-refractivity contribution in [3.8, 4) is 0 Å². The van der Waals surface area contributed by atoms with Gasteiger partial charge in [0.15, 0.2) is 0 Å². The van der Waals surface area contributed by atoms with E-state index in [1.807, 2.05) is 60.7 Å². The normalized spacial score (nSPS) is 13.5. The van der Waals surface area contributed by atoms with Crippen molar-refractivity contribution in [2.75, 3.05) is 11.4 Å². The van der Waals surface area contributed by atoms with E-state index in [0.29, 0.717) is 32.6 Å². The average Bonchev–Trinajstić information content (AvgIpc) is 3.45. The number of rotatable bonds is 9. The van der Waals surface area contributed by atoms with Crippen LogP contribution in [0.3, 0.4) is 0 Å². The van der Waals surface area contributed by atoms with E-state index in [-0.39, 0.29) is 11.8 Å². The van der Waals surface area contributed by atoms with Crippen LogP contribution in [-0.4, -0.2) is 18.4 Å². The monoisotopic (exact) mass is 418 g/mol. The van der Waals surface area contributed by atoms with Crippen molar-refractivity contribution in [3.63, 3.8) is 0 Å². The Hall–Kier alpha value is -3.38. The topological polar surface area (TPSA) is 71.8 Å². The largest absolute Gasteiger partial charge is 0.467 e. The molecular weight excluding hydrogens is 392 g/mol. The fraction of sp³-hybridized carbons (Fsp3) is 0.280. The van der Waals surface area contributed by atoms with Gasteiger partial charge in [0.2, 0.25) is 11.8 Å². The first-order valence-corrected chi connectivity index (χ1v) is 10.5. The van der Waals surface area contributed by atoms with Crippen molar-refractivity contribution >= 4 is 17.5 Å². The van der Waals surface area contributed by atoms with E-state index in [2.05, 4.69) is 5.32 Å². The first-order chi connectivity index (χ1) is 15.2. The van der Waals surface area contributed by atoms with E-state index in [9.17, 15) is 9.59 Å². The van der Waals surface area contributed by atoms with E-state index in [1.54, 1.807) is 11.2 Å². The second-order valence-corrected chi connectivity index (χ2v) is 7.66. The molecule has 6 nitrogen and oxygen atoms in total. The van der Waals surface area contributed by atoms with Gasteiger partial charge in [-0.15, -0.1) is 0 Å². The fourth-order valence-corrected chi connectivity index (χ4v) is 3.66. The molecule has 4 rings (SSSR count). The fourth-order valence-electron chi connectivity index (χ4n) is 3.66. The molecule has 0 radical (unpaired) electrons. The zero-order valence-corrected chi connectivity index (χ0v) is 17.4. The molecule has 2 amide bonds. The Morgan fingerprint density at radius 1 is 1.00 bits per heavy atom. The van der Waals surface area contributed by atoms with Crippen LogP contribution in [0.25, 0.3) is 0 Å². The summed E-state index contributed by atoms with van der Waals surface area (Å²) in [5.74, 6) is 0.923. The lowest BCUT2D eigenvalue weighted by Gasteiger charge is -2.15. The van der Waals surface area contributed by atoms with E-state index in [4.69, 9.17) is 9.15 Å². The van der Waals surface area contributed by atoms with E-state index in [1.165, 1.54) is 0 Å². The zero-order chi connectivity index (χ0) is 21.5. The molecule has 0 aliphatic carbocycles. The highest BCUT2D eigenvalue weighted by Gasteiger charge is 2.21. The maximum Gasteiger partial charge on any atom is 0.227 e. The van der Waals surface area contributed by atoms with Gasteiger partial charge < -0.3 is 19.4 Å². The van der Waals surface area contributed by atoms with Gasteiger partial charge in [-0.2, -0.15) is 0 Å². The van der Waals surface area contributed by atoms with E-state index < -0.39 is 0 Å². The third-order valence-electron chi connectivity index (χ3n) is 5.26. The summed E-state index contributed by atoms with van der Waals surface area (Å²) in [4.78, 5) is 26.0. The van der Waals surface area contributed by atoms with Crippen LogP contribution in [0.5, 0.6) is 0 Å². The number of carbonyl (C=O) groups is 2. The predicted molar refractivity (Wildman–Crippen MR) is 117 cm³/mol. The summed E-state index contributed by atoms with van der Waals surface area (Å²) in [6.45, 7) is 2.14. The highest BCUT2D eigenvalue weighted by atomic mass is 16.5. The predicted octanol–water partition coefficient (Wildman–Crippen LogP) is 3.98. The molecule has 0 unspecified atom stereocenters. The third-order valence-corrected chi connectivity index (χ3v) is 5.26. The molecule has 1 aliphatic rings. The van der Waals surface area contributed by atoms with Crippen molar-refractivity contribution in [1.82, 2.24) is 5.32 Å². The van der Waals surface area contributed by atoms with Gasteiger partial charge in [0.05, 0.1) is 19.3 Å². The minimum atomic E-state index is -0.0375. The molecule has 0 saturated carbocycles. The molecule has 1 aromatic heterocycles. The maximum absolute atomic E-state index is 12.4. The molecule has 1 N–H and O–H groups in total. The van der Waals surface area contributed by atoms with Crippen molar-refractivity contribution in [2.45, 2.75) is 39.0 Å². The van der Waals surface area contributed by atoms with Crippen LogP contribution < -0.4 is 10.2 Å². The first-order valence-electron chi connectivity index (χ1n) is 10.5. The Morgan fingerprint density at radius 2 is 1.84 bits per heavy atom. The Bertz CT molecular complexity index is 1010. The lowest BCUT2D eigenvalue weighted by molar-refractivity contribution is -0.120. The molecule has 0 spiro atoms. The number of hydrogen-bond donors (Lipinski definition) is 1. The number of hydrogen-bond acceptors (Lipinski definition) is 4. The molecule has 160 valence electrons. The van der Waals surface area contributed by atoms with E-state index >= 15 is 0 Å². The van der Waals surface area contributed by atoms with Crippen molar-refractivity contribution in [3.05, 3.63) is 89.4 Å². The van der Waals surface area contributed by atoms with Gasteiger partial charge in [0, 0.05) is 25.2 Å². The van der Waals surface area contributed by atoms with Crippen LogP contribution >= 0.6 is 0 Å². The molecule has 0 bridgehead atoms. The van der Waals surface area contributed by atoms with Gasteiger partial charge in [0.25, 0.3) is 0 Å². The van der Waals surface area contributed by atoms with Crippen molar-refractivity contribution in [2.24, 2.45) is 0 Å². The molecule has 1 saturated heterocycles. The molecule has 6 heteroatoms. The molecular formula is C25H26N2O4. The standard InChI is InChI=1S/C25H26N2O4/c28-24(15-19-8-10-22(11-9-19)27-12-2-7-25(27)29)26-16-20-4-1-5-21(14-20)17-30-18-23-6-3-13-31-23/h1,3-6,8-11,13-14H,2,7,12,15-18H2,(H,26,28). The molecule has 0 atom stereocenters. The van der Waals surface area contributed by atoms with Crippen LogP contribution in [0.2, 0.25) is 0 Å². The highest BCUT2D eigenvalue weighted by molar-refractivity contribution is 5.95. The molecule has 31 heavy (non-hydrogen) atoms. The smallest absolute Gasteiger partial charge is 0.227 e. The highest BCUT2D eigenvalue weighted by Crippen LogP contribution is 2.21. The summed E-state index contributed by atoms with van der Waals surface area (Å²) >= 11 is 0. The summed E-state index contributed by atoms with van der Waals surface area (Å²) in [5.41, 5.74) is 3.89. The Morgan fingerprint density at radius 3 is 2.58 bits per heavy atom. The Kier molecular flexibility index (Phi) is 6.79. The number of carbonyl (C=O) groups excluding carboxylic acids is 2. The Labute approximate surface area is 181 Å².